The quantitative estimate of drug-likeness (QED) is 0.924. The molecule has 1 unspecified atom stereocenters. The Morgan fingerprint density at radius 2 is 2.16 bits per heavy atom. The lowest BCUT2D eigenvalue weighted by Crippen LogP contribution is -2.28. The molecule has 1 atom stereocenters. The second-order valence-corrected chi connectivity index (χ2v) is 4.88. The first-order valence-corrected chi connectivity index (χ1v) is 6.15. The average Bonchev–Trinajstić information content (AvgIpc) is 2.60. The number of benzene rings is 1. The second kappa shape index (κ2) is 5.01. The molecule has 0 aromatic heterocycles. The fourth-order valence-electron chi connectivity index (χ4n) is 1.91. The molecule has 1 aromatic rings. The van der Waals surface area contributed by atoms with E-state index in [4.69, 9.17) is 16.7 Å². The van der Waals surface area contributed by atoms with Gasteiger partial charge in [0.05, 0.1) is 18.0 Å². The summed E-state index contributed by atoms with van der Waals surface area (Å²) >= 11 is 6.02. The van der Waals surface area contributed by atoms with Gasteiger partial charge in [0.15, 0.2) is 0 Å². The van der Waals surface area contributed by atoms with Crippen LogP contribution in [0.5, 0.6) is 0 Å². The number of aryl methyl sites for hydroxylation is 1. The smallest absolute Gasteiger partial charge is 0.304 e. The van der Waals surface area contributed by atoms with E-state index in [1.807, 2.05) is 6.92 Å². The van der Waals surface area contributed by atoms with Crippen molar-refractivity contribution in [1.82, 2.24) is 0 Å². The summed E-state index contributed by atoms with van der Waals surface area (Å²) < 4.78 is 0. The van der Waals surface area contributed by atoms with E-state index in [1.165, 1.54) is 5.01 Å². The molecule has 2 rings (SSSR count). The summed E-state index contributed by atoms with van der Waals surface area (Å²) in [6, 6.07) is 5.17. The minimum absolute atomic E-state index is 0.246. The van der Waals surface area contributed by atoms with E-state index in [0.717, 1.165) is 5.56 Å². The monoisotopic (exact) mass is 280 g/mol. The highest BCUT2D eigenvalue weighted by Crippen LogP contribution is 2.29. The number of carbonyl (C=O) groups excluding carboxylic acids is 1. The average molecular weight is 281 g/mol. The van der Waals surface area contributed by atoms with Crippen molar-refractivity contribution in [3.63, 3.8) is 0 Å². The lowest BCUT2D eigenvalue weighted by Gasteiger charge is -2.14. The van der Waals surface area contributed by atoms with Crippen molar-refractivity contribution in [1.29, 1.82) is 0 Å². The minimum atomic E-state index is -1.02. The molecule has 6 heteroatoms. The van der Waals surface area contributed by atoms with Gasteiger partial charge in [0.25, 0.3) is 5.91 Å². The van der Waals surface area contributed by atoms with Gasteiger partial charge < -0.3 is 5.11 Å². The summed E-state index contributed by atoms with van der Waals surface area (Å²) in [4.78, 5) is 22.9. The molecule has 19 heavy (non-hydrogen) atoms. The van der Waals surface area contributed by atoms with Crippen molar-refractivity contribution in [3.05, 3.63) is 28.8 Å². The SMILES string of the molecule is CC1=NN(c2ccc(C)c(Cl)c2)C(=O)C1CC(=O)O. The first-order chi connectivity index (χ1) is 8.90. The fourth-order valence-corrected chi connectivity index (χ4v) is 2.09. The van der Waals surface area contributed by atoms with E-state index in [2.05, 4.69) is 5.10 Å². The van der Waals surface area contributed by atoms with Crippen LogP contribution >= 0.6 is 11.6 Å². The number of rotatable bonds is 3. The Morgan fingerprint density at radius 1 is 1.47 bits per heavy atom. The highest BCUT2D eigenvalue weighted by atomic mass is 35.5. The first kappa shape index (κ1) is 13.5. The van der Waals surface area contributed by atoms with Crippen LogP contribution in [0.3, 0.4) is 0 Å². The molecule has 1 aliphatic rings. The van der Waals surface area contributed by atoms with Crippen LogP contribution in [-0.2, 0) is 9.59 Å². The van der Waals surface area contributed by atoms with Crippen LogP contribution in [0.15, 0.2) is 23.3 Å². The van der Waals surface area contributed by atoms with E-state index in [0.29, 0.717) is 16.4 Å². The molecule has 0 bridgehead atoms. The van der Waals surface area contributed by atoms with Crippen molar-refractivity contribution in [3.8, 4) is 0 Å². The van der Waals surface area contributed by atoms with Gasteiger partial charge in [-0.25, -0.2) is 5.01 Å². The normalized spacial score (nSPS) is 18.7. The van der Waals surface area contributed by atoms with Gasteiger partial charge in [-0.05, 0) is 31.5 Å². The molecular weight excluding hydrogens is 268 g/mol. The van der Waals surface area contributed by atoms with Gasteiger partial charge in [-0.3, -0.25) is 9.59 Å². The van der Waals surface area contributed by atoms with Crippen LogP contribution in [0, 0.1) is 12.8 Å². The van der Waals surface area contributed by atoms with E-state index in [9.17, 15) is 9.59 Å². The van der Waals surface area contributed by atoms with Crippen LogP contribution < -0.4 is 5.01 Å². The highest BCUT2D eigenvalue weighted by Gasteiger charge is 2.35. The zero-order valence-corrected chi connectivity index (χ0v) is 11.3. The van der Waals surface area contributed by atoms with Gasteiger partial charge in [-0.2, -0.15) is 5.10 Å². The molecule has 0 fully saturated rings. The number of hydrazone groups is 1. The van der Waals surface area contributed by atoms with Crippen LogP contribution in [0.2, 0.25) is 5.02 Å². The summed E-state index contributed by atoms with van der Waals surface area (Å²) in [6.07, 6.45) is -0.246. The molecule has 0 radical (unpaired) electrons. The Hall–Kier alpha value is -1.88. The van der Waals surface area contributed by atoms with E-state index in [1.54, 1.807) is 25.1 Å². The van der Waals surface area contributed by atoms with Crippen molar-refractivity contribution in [2.24, 2.45) is 11.0 Å². The van der Waals surface area contributed by atoms with E-state index >= 15 is 0 Å². The highest BCUT2D eigenvalue weighted by molar-refractivity contribution is 6.31. The fraction of sp³-hybridized carbons (Fsp3) is 0.308. The Balaban J connectivity index is 2.30. The lowest BCUT2D eigenvalue weighted by atomic mass is 10.0. The number of halogens is 1. The van der Waals surface area contributed by atoms with Crippen molar-refractivity contribution in [2.75, 3.05) is 5.01 Å². The molecule has 0 spiro atoms. The Labute approximate surface area is 115 Å². The number of carbonyl (C=O) groups is 2. The lowest BCUT2D eigenvalue weighted by molar-refractivity contribution is -0.139. The summed E-state index contributed by atoms with van der Waals surface area (Å²) in [5.41, 5.74) is 1.96. The summed E-state index contributed by atoms with van der Waals surface area (Å²) in [5.74, 6) is -2.05. The van der Waals surface area contributed by atoms with Gasteiger partial charge in [0.1, 0.15) is 0 Å². The van der Waals surface area contributed by atoms with E-state index < -0.39 is 11.9 Å². The van der Waals surface area contributed by atoms with Gasteiger partial charge >= 0.3 is 5.97 Å². The number of carboxylic acid groups (broad SMARTS) is 1. The third-order valence-corrected chi connectivity index (χ3v) is 3.45. The molecule has 1 N–H and O–H groups in total. The Morgan fingerprint density at radius 3 is 2.74 bits per heavy atom. The van der Waals surface area contributed by atoms with Crippen LogP contribution in [0.25, 0.3) is 0 Å². The van der Waals surface area contributed by atoms with Crippen molar-refractivity contribution >= 4 is 34.9 Å². The predicted molar refractivity (Wildman–Crippen MR) is 72.5 cm³/mol. The second-order valence-electron chi connectivity index (χ2n) is 4.48. The number of aliphatic carboxylic acids is 1. The molecule has 1 heterocycles. The predicted octanol–water partition coefficient (Wildman–Crippen LogP) is 2.46. The molecule has 1 aromatic carbocycles. The molecule has 0 saturated carbocycles. The number of hydrogen-bond acceptors (Lipinski definition) is 3. The molecule has 100 valence electrons. The number of nitrogens with zero attached hydrogens (tertiary/aromatic N) is 2. The summed E-state index contributed by atoms with van der Waals surface area (Å²) in [5, 5.41) is 14.7. The molecule has 0 saturated heterocycles. The standard InChI is InChI=1S/C13H13ClN2O3/c1-7-3-4-9(5-11(7)14)16-13(19)10(6-12(17)18)8(2)15-16/h3-5,10H,6H2,1-2H3,(H,17,18). The zero-order chi connectivity index (χ0) is 14.2. The molecule has 5 nitrogen and oxygen atoms in total. The van der Waals surface area contributed by atoms with Crippen molar-refractivity contribution < 1.29 is 14.7 Å². The largest absolute Gasteiger partial charge is 0.481 e. The number of anilines is 1. The number of amides is 1. The molecular formula is C13H13ClN2O3. The van der Waals surface area contributed by atoms with Gasteiger partial charge in [0, 0.05) is 10.7 Å². The Bertz CT molecular complexity index is 583. The van der Waals surface area contributed by atoms with E-state index in [-0.39, 0.29) is 12.3 Å². The first-order valence-electron chi connectivity index (χ1n) is 5.77. The summed E-state index contributed by atoms with van der Waals surface area (Å²) in [7, 11) is 0. The third kappa shape index (κ3) is 2.61. The molecule has 0 aliphatic carbocycles. The van der Waals surface area contributed by atoms with Crippen molar-refractivity contribution in [2.45, 2.75) is 20.3 Å². The Kier molecular flexibility index (Phi) is 3.57. The van der Waals surface area contributed by atoms with Gasteiger partial charge in [-0.1, -0.05) is 17.7 Å². The maximum Gasteiger partial charge on any atom is 0.304 e. The molecule has 1 amide bonds. The van der Waals surface area contributed by atoms with Gasteiger partial charge in [0.2, 0.25) is 0 Å². The van der Waals surface area contributed by atoms with Gasteiger partial charge in [-0.15, -0.1) is 0 Å². The number of hydrogen-bond donors (Lipinski definition) is 1. The maximum absolute atomic E-state index is 12.2. The third-order valence-electron chi connectivity index (χ3n) is 3.05. The topological polar surface area (TPSA) is 70.0 Å². The maximum atomic E-state index is 12.2. The van der Waals surface area contributed by atoms with Crippen LogP contribution in [0.4, 0.5) is 5.69 Å². The minimum Gasteiger partial charge on any atom is -0.481 e. The van der Waals surface area contributed by atoms with Crippen LogP contribution in [-0.4, -0.2) is 22.7 Å². The molecule has 1 aliphatic heterocycles. The number of carboxylic acids is 1. The van der Waals surface area contributed by atoms with Crippen LogP contribution in [0.1, 0.15) is 18.9 Å². The zero-order valence-electron chi connectivity index (χ0n) is 10.6. The summed E-state index contributed by atoms with van der Waals surface area (Å²) in [6.45, 7) is 3.51.